The average Bonchev–Trinajstić information content (AvgIpc) is 1.69. The molecule has 0 aliphatic carbocycles. The molecule has 1 nitrogen and oxygen atoms in total. The third-order valence-corrected chi connectivity index (χ3v) is 1.33. The SMILES string of the molecule is CC1CCC=NC1. The lowest BCUT2D eigenvalue weighted by atomic mass is 10.0. The smallest absolute Gasteiger partial charge is 0.0411 e. The molecule has 1 heterocycles. The van der Waals surface area contributed by atoms with Crippen molar-refractivity contribution in [2.75, 3.05) is 6.54 Å². The van der Waals surface area contributed by atoms with Crippen LogP contribution in [0.25, 0.3) is 0 Å². The Balaban J connectivity index is 2.32. The van der Waals surface area contributed by atoms with Crippen molar-refractivity contribution in [3.05, 3.63) is 0 Å². The molecule has 0 spiro atoms. The minimum Gasteiger partial charge on any atom is -0.297 e. The lowest BCUT2D eigenvalue weighted by Crippen LogP contribution is -2.04. The van der Waals surface area contributed by atoms with Gasteiger partial charge in [-0.15, -0.1) is 0 Å². The summed E-state index contributed by atoms with van der Waals surface area (Å²) in [6.07, 6.45) is 4.56. The lowest BCUT2D eigenvalue weighted by molar-refractivity contribution is 0.543. The molecule has 0 bridgehead atoms. The predicted octanol–water partition coefficient (Wildman–Crippen LogP) is 1.49. The van der Waals surface area contributed by atoms with Crippen molar-refractivity contribution in [2.45, 2.75) is 19.8 Å². The van der Waals surface area contributed by atoms with E-state index < -0.39 is 0 Å². The molecule has 0 amide bonds. The van der Waals surface area contributed by atoms with E-state index >= 15 is 0 Å². The standard InChI is InChI=1S/C6H11N/c1-6-3-2-4-7-5-6/h4,6H,2-3,5H2,1H3. The van der Waals surface area contributed by atoms with Crippen LogP contribution < -0.4 is 0 Å². The first-order valence-electron chi connectivity index (χ1n) is 2.88. The summed E-state index contributed by atoms with van der Waals surface area (Å²) in [6.45, 7) is 3.30. The van der Waals surface area contributed by atoms with Crippen molar-refractivity contribution in [3.63, 3.8) is 0 Å². The van der Waals surface area contributed by atoms with Gasteiger partial charge in [0.05, 0.1) is 0 Å². The van der Waals surface area contributed by atoms with Crippen LogP contribution in [0.5, 0.6) is 0 Å². The topological polar surface area (TPSA) is 12.4 Å². The van der Waals surface area contributed by atoms with E-state index in [0.717, 1.165) is 12.5 Å². The molecule has 1 heteroatoms. The molecule has 0 aromatic carbocycles. The number of nitrogens with zero attached hydrogens (tertiary/aromatic N) is 1. The minimum atomic E-state index is 0.838. The van der Waals surface area contributed by atoms with Gasteiger partial charge in [0.2, 0.25) is 0 Å². The molecule has 0 saturated carbocycles. The van der Waals surface area contributed by atoms with E-state index in [1.807, 2.05) is 6.21 Å². The molecule has 1 aliphatic heterocycles. The summed E-state index contributed by atoms with van der Waals surface area (Å²) in [5.74, 6) is 0.838. The van der Waals surface area contributed by atoms with Crippen LogP contribution in [-0.4, -0.2) is 12.8 Å². The molecule has 7 heavy (non-hydrogen) atoms. The van der Waals surface area contributed by atoms with E-state index in [1.54, 1.807) is 0 Å². The highest BCUT2D eigenvalue weighted by Gasteiger charge is 2.01. The van der Waals surface area contributed by atoms with Crippen LogP contribution in [0.2, 0.25) is 0 Å². The molecule has 1 atom stereocenters. The Kier molecular flexibility index (Phi) is 1.45. The first-order chi connectivity index (χ1) is 3.39. The van der Waals surface area contributed by atoms with E-state index in [-0.39, 0.29) is 0 Å². The summed E-state index contributed by atoms with van der Waals surface area (Å²) >= 11 is 0. The van der Waals surface area contributed by atoms with E-state index in [4.69, 9.17) is 0 Å². The molecular formula is C6H11N. The first kappa shape index (κ1) is 4.82. The molecule has 1 rings (SSSR count). The monoisotopic (exact) mass is 97.1 g/mol. The van der Waals surface area contributed by atoms with Gasteiger partial charge < -0.3 is 0 Å². The largest absolute Gasteiger partial charge is 0.297 e. The van der Waals surface area contributed by atoms with Crippen LogP contribution in [0.1, 0.15) is 19.8 Å². The van der Waals surface area contributed by atoms with E-state index in [9.17, 15) is 0 Å². The zero-order valence-electron chi connectivity index (χ0n) is 4.72. The zero-order chi connectivity index (χ0) is 5.11. The van der Waals surface area contributed by atoms with Crippen LogP contribution in [0.3, 0.4) is 0 Å². The van der Waals surface area contributed by atoms with Gasteiger partial charge in [-0.05, 0) is 25.0 Å². The Morgan fingerprint density at radius 1 is 1.71 bits per heavy atom. The van der Waals surface area contributed by atoms with Gasteiger partial charge in [0.1, 0.15) is 0 Å². The van der Waals surface area contributed by atoms with Crippen molar-refractivity contribution in [3.8, 4) is 0 Å². The van der Waals surface area contributed by atoms with Crippen molar-refractivity contribution >= 4 is 6.21 Å². The second-order valence-electron chi connectivity index (χ2n) is 2.23. The molecule has 0 saturated heterocycles. The summed E-state index contributed by atoms with van der Waals surface area (Å²) in [6, 6.07) is 0. The summed E-state index contributed by atoms with van der Waals surface area (Å²) < 4.78 is 0. The van der Waals surface area contributed by atoms with Gasteiger partial charge in [0, 0.05) is 6.54 Å². The Morgan fingerprint density at radius 3 is 2.86 bits per heavy atom. The Labute approximate surface area is 44.5 Å². The molecule has 1 unspecified atom stereocenters. The number of aliphatic imine (C=N–C) groups is 1. The Bertz CT molecular complexity index is 76.2. The van der Waals surface area contributed by atoms with Crippen LogP contribution in [0.15, 0.2) is 4.99 Å². The summed E-state index contributed by atoms with van der Waals surface area (Å²) in [4.78, 5) is 4.13. The normalized spacial score (nSPS) is 30.7. The molecule has 0 aromatic heterocycles. The zero-order valence-corrected chi connectivity index (χ0v) is 4.72. The van der Waals surface area contributed by atoms with Gasteiger partial charge in [0.15, 0.2) is 0 Å². The molecule has 0 N–H and O–H groups in total. The van der Waals surface area contributed by atoms with Gasteiger partial charge in [-0.1, -0.05) is 6.92 Å². The molecule has 1 aliphatic rings. The van der Waals surface area contributed by atoms with Crippen molar-refractivity contribution < 1.29 is 0 Å². The van der Waals surface area contributed by atoms with Gasteiger partial charge >= 0.3 is 0 Å². The molecule has 0 radical (unpaired) electrons. The third-order valence-electron chi connectivity index (χ3n) is 1.33. The third kappa shape index (κ3) is 1.30. The fourth-order valence-corrected chi connectivity index (χ4v) is 0.796. The fourth-order valence-electron chi connectivity index (χ4n) is 0.796. The van der Waals surface area contributed by atoms with Crippen molar-refractivity contribution in [2.24, 2.45) is 10.9 Å². The minimum absolute atomic E-state index is 0.838. The molecule has 40 valence electrons. The Hall–Kier alpha value is -0.330. The first-order valence-corrected chi connectivity index (χ1v) is 2.88. The van der Waals surface area contributed by atoms with Gasteiger partial charge in [-0.25, -0.2) is 0 Å². The van der Waals surface area contributed by atoms with Gasteiger partial charge in [-0.3, -0.25) is 4.99 Å². The second kappa shape index (κ2) is 2.10. The lowest BCUT2D eigenvalue weighted by Gasteiger charge is -2.09. The molecule has 0 fully saturated rings. The van der Waals surface area contributed by atoms with Crippen LogP contribution in [0.4, 0.5) is 0 Å². The van der Waals surface area contributed by atoms with Gasteiger partial charge in [-0.2, -0.15) is 0 Å². The van der Waals surface area contributed by atoms with Crippen LogP contribution in [0, 0.1) is 5.92 Å². The summed E-state index contributed by atoms with van der Waals surface area (Å²) in [5, 5.41) is 0. The van der Waals surface area contributed by atoms with Crippen molar-refractivity contribution in [1.82, 2.24) is 0 Å². The quantitative estimate of drug-likeness (QED) is 0.434. The second-order valence-corrected chi connectivity index (χ2v) is 2.23. The van der Waals surface area contributed by atoms with E-state index in [0.29, 0.717) is 0 Å². The maximum Gasteiger partial charge on any atom is 0.0411 e. The number of rotatable bonds is 0. The fraction of sp³-hybridized carbons (Fsp3) is 0.833. The summed E-state index contributed by atoms with van der Waals surface area (Å²) in [7, 11) is 0. The molecule has 0 aromatic rings. The highest BCUT2D eigenvalue weighted by atomic mass is 14.7. The maximum atomic E-state index is 4.13. The van der Waals surface area contributed by atoms with Crippen molar-refractivity contribution in [1.29, 1.82) is 0 Å². The van der Waals surface area contributed by atoms with Crippen LogP contribution in [-0.2, 0) is 0 Å². The molecular weight excluding hydrogens is 86.1 g/mol. The van der Waals surface area contributed by atoms with E-state index in [1.165, 1.54) is 12.8 Å². The number of hydrogen-bond donors (Lipinski definition) is 0. The maximum absolute atomic E-state index is 4.13. The highest BCUT2D eigenvalue weighted by Crippen LogP contribution is 2.07. The predicted molar refractivity (Wildman–Crippen MR) is 31.8 cm³/mol. The van der Waals surface area contributed by atoms with Crippen LogP contribution >= 0.6 is 0 Å². The Morgan fingerprint density at radius 2 is 2.57 bits per heavy atom. The number of hydrogen-bond acceptors (Lipinski definition) is 1. The van der Waals surface area contributed by atoms with Gasteiger partial charge in [0.25, 0.3) is 0 Å². The summed E-state index contributed by atoms with van der Waals surface area (Å²) in [5.41, 5.74) is 0. The average molecular weight is 97.2 g/mol. The van der Waals surface area contributed by atoms with E-state index in [2.05, 4.69) is 11.9 Å². The highest BCUT2D eigenvalue weighted by molar-refractivity contribution is 5.57.